The second-order valence-electron chi connectivity index (χ2n) is 4.62. The standard InChI is InChI=1S/C15H17N3O3/c1-2-12(10-19)16-14-9-8-13(18(20)21)15(17-14)11-6-4-3-5-7-11/h3-9,12,19H,2,10H2,1H3,(H,16,17)/t12-/m1/s1. The number of nitrogens with one attached hydrogen (secondary N) is 1. The van der Waals surface area contributed by atoms with E-state index in [4.69, 9.17) is 0 Å². The molecule has 0 aliphatic carbocycles. The molecule has 0 radical (unpaired) electrons. The molecule has 1 atom stereocenters. The zero-order chi connectivity index (χ0) is 15.2. The molecule has 6 heteroatoms. The molecule has 0 unspecified atom stereocenters. The summed E-state index contributed by atoms with van der Waals surface area (Å²) in [7, 11) is 0. The number of aliphatic hydroxyl groups excluding tert-OH is 1. The minimum Gasteiger partial charge on any atom is -0.394 e. The van der Waals surface area contributed by atoms with Gasteiger partial charge in [-0.05, 0) is 12.5 Å². The van der Waals surface area contributed by atoms with Gasteiger partial charge in [0.15, 0.2) is 5.69 Å². The summed E-state index contributed by atoms with van der Waals surface area (Å²) in [5, 5.41) is 23.4. The van der Waals surface area contributed by atoms with E-state index in [-0.39, 0.29) is 18.3 Å². The van der Waals surface area contributed by atoms with Crippen LogP contribution in [0.3, 0.4) is 0 Å². The van der Waals surface area contributed by atoms with Crippen LogP contribution in [0.1, 0.15) is 13.3 Å². The lowest BCUT2D eigenvalue weighted by Gasteiger charge is -2.15. The summed E-state index contributed by atoms with van der Waals surface area (Å²) >= 11 is 0. The number of benzene rings is 1. The maximum absolute atomic E-state index is 11.1. The van der Waals surface area contributed by atoms with E-state index in [9.17, 15) is 15.2 Å². The zero-order valence-electron chi connectivity index (χ0n) is 11.7. The van der Waals surface area contributed by atoms with Crippen molar-refractivity contribution in [3.05, 3.63) is 52.6 Å². The Hall–Kier alpha value is -2.47. The first kappa shape index (κ1) is 14.9. The summed E-state index contributed by atoms with van der Waals surface area (Å²) in [4.78, 5) is 15.0. The highest BCUT2D eigenvalue weighted by atomic mass is 16.6. The number of aliphatic hydroxyl groups is 1. The van der Waals surface area contributed by atoms with Crippen LogP contribution in [-0.2, 0) is 0 Å². The van der Waals surface area contributed by atoms with Gasteiger partial charge in [0.1, 0.15) is 5.82 Å². The highest BCUT2D eigenvalue weighted by molar-refractivity contribution is 5.71. The second kappa shape index (κ2) is 6.81. The second-order valence-corrected chi connectivity index (χ2v) is 4.62. The predicted molar refractivity (Wildman–Crippen MR) is 81.1 cm³/mol. The Labute approximate surface area is 122 Å². The monoisotopic (exact) mass is 287 g/mol. The zero-order valence-corrected chi connectivity index (χ0v) is 11.7. The number of hydrogen-bond acceptors (Lipinski definition) is 5. The van der Waals surface area contributed by atoms with Gasteiger partial charge in [0.25, 0.3) is 5.69 Å². The highest BCUT2D eigenvalue weighted by Gasteiger charge is 2.18. The number of aromatic nitrogens is 1. The quantitative estimate of drug-likeness (QED) is 0.630. The fourth-order valence-electron chi connectivity index (χ4n) is 1.97. The molecular formula is C15H17N3O3. The smallest absolute Gasteiger partial charge is 0.295 e. The van der Waals surface area contributed by atoms with Crippen LogP contribution in [-0.4, -0.2) is 27.7 Å². The van der Waals surface area contributed by atoms with E-state index in [1.807, 2.05) is 25.1 Å². The van der Waals surface area contributed by atoms with Crippen LogP contribution in [0.4, 0.5) is 11.5 Å². The van der Waals surface area contributed by atoms with Gasteiger partial charge in [-0.3, -0.25) is 10.1 Å². The molecule has 0 amide bonds. The SMILES string of the molecule is CC[C@H](CO)Nc1ccc([N+](=O)[O-])c(-c2ccccc2)n1. The van der Waals surface area contributed by atoms with Gasteiger partial charge in [-0.25, -0.2) is 4.98 Å². The van der Waals surface area contributed by atoms with Crippen molar-refractivity contribution in [3.8, 4) is 11.3 Å². The number of anilines is 1. The van der Waals surface area contributed by atoms with Crippen molar-refractivity contribution in [2.24, 2.45) is 0 Å². The molecule has 0 fully saturated rings. The Morgan fingerprint density at radius 2 is 2.00 bits per heavy atom. The third-order valence-corrected chi connectivity index (χ3v) is 3.18. The Morgan fingerprint density at radius 3 is 2.57 bits per heavy atom. The van der Waals surface area contributed by atoms with Crippen molar-refractivity contribution >= 4 is 11.5 Å². The van der Waals surface area contributed by atoms with Crippen molar-refractivity contribution in [2.75, 3.05) is 11.9 Å². The third kappa shape index (κ3) is 3.55. The fraction of sp³-hybridized carbons (Fsp3) is 0.267. The minimum atomic E-state index is -0.442. The maximum Gasteiger partial charge on any atom is 0.295 e. The van der Waals surface area contributed by atoms with Crippen LogP contribution in [0, 0.1) is 10.1 Å². The van der Waals surface area contributed by atoms with Gasteiger partial charge in [-0.15, -0.1) is 0 Å². The largest absolute Gasteiger partial charge is 0.394 e. The molecule has 0 saturated carbocycles. The van der Waals surface area contributed by atoms with E-state index in [2.05, 4.69) is 10.3 Å². The van der Waals surface area contributed by atoms with Crippen molar-refractivity contribution in [1.29, 1.82) is 0 Å². The molecule has 21 heavy (non-hydrogen) atoms. The number of nitro groups is 1. The average Bonchev–Trinajstić information content (AvgIpc) is 2.53. The normalized spacial score (nSPS) is 11.9. The first-order chi connectivity index (χ1) is 10.2. The van der Waals surface area contributed by atoms with Crippen molar-refractivity contribution in [3.63, 3.8) is 0 Å². The van der Waals surface area contributed by atoms with Crippen LogP contribution >= 0.6 is 0 Å². The number of hydrogen-bond donors (Lipinski definition) is 2. The molecule has 0 spiro atoms. The van der Waals surface area contributed by atoms with E-state index < -0.39 is 4.92 Å². The van der Waals surface area contributed by atoms with Crippen molar-refractivity contribution in [1.82, 2.24) is 4.98 Å². The van der Waals surface area contributed by atoms with Crippen LogP contribution in [0.5, 0.6) is 0 Å². The predicted octanol–water partition coefficient (Wildman–Crippen LogP) is 2.84. The molecule has 0 aliphatic heterocycles. The molecule has 0 bridgehead atoms. The lowest BCUT2D eigenvalue weighted by atomic mass is 10.1. The topological polar surface area (TPSA) is 88.3 Å². The van der Waals surface area contributed by atoms with Gasteiger partial charge < -0.3 is 10.4 Å². The summed E-state index contributed by atoms with van der Waals surface area (Å²) in [6.07, 6.45) is 0.732. The Morgan fingerprint density at radius 1 is 1.29 bits per heavy atom. The van der Waals surface area contributed by atoms with Crippen LogP contribution in [0.2, 0.25) is 0 Å². The molecule has 0 aliphatic rings. The fourth-order valence-corrected chi connectivity index (χ4v) is 1.97. The molecular weight excluding hydrogens is 270 g/mol. The number of rotatable bonds is 6. The molecule has 110 valence electrons. The van der Waals surface area contributed by atoms with E-state index in [0.717, 1.165) is 6.42 Å². The Bertz CT molecular complexity index is 613. The van der Waals surface area contributed by atoms with E-state index in [1.165, 1.54) is 6.07 Å². The Kier molecular flexibility index (Phi) is 4.84. The molecule has 1 aromatic carbocycles. The van der Waals surface area contributed by atoms with E-state index in [0.29, 0.717) is 17.1 Å². The molecule has 6 nitrogen and oxygen atoms in total. The highest BCUT2D eigenvalue weighted by Crippen LogP contribution is 2.29. The summed E-state index contributed by atoms with van der Waals surface area (Å²) in [6, 6.07) is 11.9. The average molecular weight is 287 g/mol. The summed E-state index contributed by atoms with van der Waals surface area (Å²) < 4.78 is 0. The molecule has 2 N–H and O–H groups in total. The summed E-state index contributed by atoms with van der Waals surface area (Å²) in [5.41, 5.74) is 0.965. The van der Waals surface area contributed by atoms with Crippen LogP contribution < -0.4 is 5.32 Å². The first-order valence-electron chi connectivity index (χ1n) is 6.74. The van der Waals surface area contributed by atoms with Gasteiger partial charge >= 0.3 is 0 Å². The van der Waals surface area contributed by atoms with Gasteiger partial charge in [0, 0.05) is 11.6 Å². The lowest BCUT2D eigenvalue weighted by molar-refractivity contribution is -0.384. The minimum absolute atomic E-state index is 0.0180. The van der Waals surface area contributed by atoms with Crippen LogP contribution in [0.25, 0.3) is 11.3 Å². The first-order valence-corrected chi connectivity index (χ1v) is 6.74. The Balaban J connectivity index is 2.42. The third-order valence-electron chi connectivity index (χ3n) is 3.18. The maximum atomic E-state index is 11.1. The van der Waals surface area contributed by atoms with Gasteiger partial charge in [-0.1, -0.05) is 37.3 Å². The molecule has 1 aromatic heterocycles. The van der Waals surface area contributed by atoms with Crippen molar-refractivity contribution < 1.29 is 10.0 Å². The van der Waals surface area contributed by atoms with Gasteiger partial charge in [0.05, 0.1) is 17.6 Å². The van der Waals surface area contributed by atoms with Crippen LogP contribution in [0.15, 0.2) is 42.5 Å². The molecule has 0 saturated heterocycles. The number of nitrogens with zero attached hydrogens (tertiary/aromatic N) is 2. The van der Waals surface area contributed by atoms with Gasteiger partial charge in [0.2, 0.25) is 0 Å². The van der Waals surface area contributed by atoms with E-state index >= 15 is 0 Å². The van der Waals surface area contributed by atoms with E-state index in [1.54, 1.807) is 18.2 Å². The number of pyridine rings is 1. The molecule has 2 aromatic rings. The lowest BCUT2D eigenvalue weighted by Crippen LogP contribution is -2.23. The molecule has 1 heterocycles. The van der Waals surface area contributed by atoms with Crippen molar-refractivity contribution in [2.45, 2.75) is 19.4 Å². The summed E-state index contributed by atoms with van der Waals surface area (Å²) in [5.74, 6) is 0.514. The van der Waals surface area contributed by atoms with Gasteiger partial charge in [-0.2, -0.15) is 0 Å². The molecule has 2 rings (SSSR count). The summed E-state index contributed by atoms with van der Waals surface area (Å²) in [6.45, 7) is 1.92.